The Bertz CT molecular complexity index is 1310. The minimum absolute atomic E-state index is 0.0877. The number of fused-ring (bicyclic) bond motifs is 1. The number of hydrogen-bond donors (Lipinski definition) is 0. The average molecular weight is 447 g/mol. The molecule has 0 bridgehead atoms. The number of methoxy groups -OCH3 is 1. The van der Waals surface area contributed by atoms with E-state index in [9.17, 15) is 14.0 Å². The Morgan fingerprint density at radius 1 is 1.03 bits per heavy atom. The Balaban J connectivity index is 1.74. The fourth-order valence-electron chi connectivity index (χ4n) is 2.94. The van der Waals surface area contributed by atoms with Gasteiger partial charge < -0.3 is 4.74 Å². The predicted octanol–water partition coefficient (Wildman–Crippen LogP) is 5.33. The molecule has 1 aromatic heterocycles. The van der Waals surface area contributed by atoms with Crippen molar-refractivity contribution >= 4 is 44.6 Å². The van der Waals surface area contributed by atoms with Gasteiger partial charge in [0.05, 0.1) is 23.5 Å². The zero-order valence-corrected chi connectivity index (χ0v) is 18.1. The molecular formula is C24H18FN3O3S. The molecule has 1 heterocycles. The summed E-state index contributed by atoms with van der Waals surface area (Å²) in [5.41, 5.74) is 2.18. The molecule has 0 unspecified atom stereocenters. The third kappa shape index (κ3) is 4.55. The number of aromatic nitrogens is 1. The maximum atomic E-state index is 13.3. The van der Waals surface area contributed by atoms with Gasteiger partial charge in [0.2, 0.25) is 5.13 Å². The molecule has 160 valence electrons. The maximum absolute atomic E-state index is 13.3. The molecule has 4 rings (SSSR count). The smallest absolute Gasteiger partial charge is 0.280 e. The van der Waals surface area contributed by atoms with Crippen molar-refractivity contribution in [2.75, 3.05) is 12.1 Å². The Morgan fingerprint density at radius 2 is 1.72 bits per heavy atom. The number of benzene rings is 3. The molecule has 0 saturated carbocycles. The molecule has 0 atom stereocenters. The summed E-state index contributed by atoms with van der Waals surface area (Å²) >= 11 is 1.29. The second-order valence-electron chi connectivity index (χ2n) is 6.88. The third-order valence-corrected chi connectivity index (χ3v) is 5.68. The number of carbonyl (C=O) groups excluding carboxylic acids is 2. The van der Waals surface area contributed by atoms with Gasteiger partial charge in [-0.05, 0) is 55.0 Å². The highest BCUT2D eigenvalue weighted by atomic mass is 32.1. The van der Waals surface area contributed by atoms with E-state index in [4.69, 9.17) is 4.74 Å². The summed E-state index contributed by atoms with van der Waals surface area (Å²) in [6.45, 7) is 1.46. The zero-order chi connectivity index (χ0) is 22.7. The van der Waals surface area contributed by atoms with Gasteiger partial charge >= 0.3 is 0 Å². The number of hydrazone groups is 1. The maximum Gasteiger partial charge on any atom is 0.280 e. The van der Waals surface area contributed by atoms with Crippen molar-refractivity contribution in [2.24, 2.45) is 5.10 Å². The number of rotatable bonds is 6. The first kappa shape index (κ1) is 21.3. The Labute approximate surface area is 187 Å². The second kappa shape index (κ2) is 9.07. The van der Waals surface area contributed by atoms with Crippen LogP contribution in [0.5, 0.6) is 5.75 Å². The molecule has 3 aromatic carbocycles. The molecule has 0 aliphatic heterocycles. The Morgan fingerprint density at radius 3 is 2.38 bits per heavy atom. The molecule has 6 nitrogen and oxygen atoms in total. The highest BCUT2D eigenvalue weighted by molar-refractivity contribution is 7.22. The number of thiazole rings is 1. The number of halogens is 1. The first-order valence-electron chi connectivity index (χ1n) is 9.64. The van der Waals surface area contributed by atoms with Gasteiger partial charge in [0, 0.05) is 11.1 Å². The van der Waals surface area contributed by atoms with E-state index in [1.54, 1.807) is 49.6 Å². The number of ether oxygens (including phenoxy) is 1. The Hall–Kier alpha value is -3.91. The fraction of sp³-hybridized carbons (Fsp3) is 0.0833. The highest BCUT2D eigenvalue weighted by Gasteiger charge is 2.21. The molecule has 4 aromatic rings. The largest absolute Gasteiger partial charge is 0.497 e. The van der Waals surface area contributed by atoms with Gasteiger partial charge in [0.1, 0.15) is 11.6 Å². The van der Waals surface area contributed by atoms with E-state index in [1.165, 1.54) is 41.6 Å². The van der Waals surface area contributed by atoms with Crippen molar-refractivity contribution < 1.29 is 18.7 Å². The van der Waals surface area contributed by atoms with Crippen LogP contribution in [0.4, 0.5) is 9.52 Å². The van der Waals surface area contributed by atoms with E-state index in [0.717, 1.165) is 4.70 Å². The lowest BCUT2D eigenvalue weighted by molar-refractivity contribution is 0.0983. The van der Waals surface area contributed by atoms with E-state index in [1.807, 2.05) is 12.1 Å². The number of nitrogens with zero attached hydrogens (tertiary/aromatic N) is 3. The lowest BCUT2D eigenvalue weighted by atomic mass is 10.1. The third-order valence-electron chi connectivity index (χ3n) is 4.69. The van der Waals surface area contributed by atoms with Crippen molar-refractivity contribution in [1.29, 1.82) is 0 Å². The van der Waals surface area contributed by atoms with Crippen LogP contribution in [-0.2, 0) is 0 Å². The van der Waals surface area contributed by atoms with E-state index in [0.29, 0.717) is 33.1 Å². The monoisotopic (exact) mass is 447 g/mol. The summed E-state index contributed by atoms with van der Waals surface area (Å²) < 4.78 is 19.3. The number of hydrogen-bond acceptors (Lipinski definition) is 6. The molecule has 1 amide bonds. The minimum Gasteiger partial charge on any atom is -0.497 e. The van der Waals surface area contributed by atoms with Gasteiger partial charge in [-0.15, -0.1) is 0 Å². The van der Waals surface area contributed by atoms with Crippen LogP contribution in [0.15, 0.2) is 71.8 Å². The standard InChI is InChI=1S/C24H18FN3O3S/c1-15(29)17-5-7-18(8-6-17)23(30)28(26-14-16-3-9-19(25)10-4-16)24-27-21-12-11-20(31-2)13-22(21)32-24/h3-14H,1-2H3/b26-14+. The van der Waals surface area contributed by atoms with E-state index in [2.05, 4.69) is 10.1 Å². The van der Waals surface area contributed by atoms with Gasteiger partial charge in [-0.25, -0.2) is 9.37 Å². The van der Waals surface area contributed by atoms with Crippen LogP contribution in [0.1, 0.15) is 33.2 Å². The van der Waals surface area contributed by atoms with Gasteiger partial charge in [-0.1, -0.05) is 35.6 Å². The predicted molar refractivity (Wildman–Crippen MR) is 123 cm³/mol. The summed E-state index contributed by atoms with van der Waals surface area (Å²) in [5.74, 6) is -0.180. The van der Waals surface area contributed by atoms with Crippen LogP contribution < -0.4 is 9.75 Å². The Kier molecular flexibility index (Phi) is 6.04. The summed E-state index contributed by atoms with van der Waals surface area (Å²) in [5, 5.41) is 5.92. The van der Waals surface area contributed by atoms with Crippen LogP contribution in [0.3, 0.4) is 0 Å². The lowest BCUT2D eigenvalue weighted by Gasteiger charge is -2.14. The molecule has 0 spiro atoms. The van der Waals surface area contributed by atoms with Gasteiger partial charge in [-0.3, -0.25) is 9.59 Å². The van der Waals surface area contributed by atoms with Crippen molar-refractivity contribution in [2.45, 2.75) is 6.92 Å². The van der Waals surface area contributed by atoms with Crippen molar-refractivity contribution in [3.8, 4) is 5.75 Å². The number of ketones is 1. The highest BCUT2D eigenvalue weighted by Crippen LogP contribution is 2.32. The number of anilines is 1. The van der Waals surface area contributed by atoms with Crippen LogP contribution in [0.2, 0.25) is 0 Å². The first-order chi connectivity index (χ1) is 15.4. The summed E-state index contributed by atoms with van der Waals surface area (Å²) in [6, 6.07) is 17.6. The fourth-order valence-corrected chi connectivity index (χ4v) is 3.89. The second-order valence-corrected chi connectivity index (χ2v) is 7.89. The average Bonchev–Trinajstić information content (AvgIpc) is 3.23. The molecule has 0 aliphatic rings. The normalized spacial score (nSPS) is 11.1. The van der Waals surface area contributed by atoms with E-state index < -0.39 is 5.91 Å². The molecule has 0 aliphatic carbocycles. The van der Waals surface area contributed by atoms with Gasteiger partial charge in [0.25, 0.3) is 5.91 Å². The molecule has 8 heteroatoms. The molecule has 0 fully saturated rings. The van der Waals surface area contributed by atoms with Crippen molar-refractivity contribution in [3.63, 3.8) is 0 Å². The number of carbonyl (C=O) groups is 2. The molecule has 32 heavy (non-hydrogen) atoms. The molecule has 0 radical (unpaired) electrons. The van der Waals surface area contributed by atoms with Crippen LogP contribution in [-0.4, -0.2) is 30.0 Å². The number of Topliss-reactive ketones (excluding diaryl/α,β-unsaturated/α-hetero) is 1. The van der Waals surface area contributed by atoms with Crippen molar-refractivity contribution in [3.05, 3.63) is 89.2 Å². The van der Waals surface area contributed by atoms with E-state index in [-0.39, 0.29) is 11.6 Å². The van der Waals surface area contributed by atoms with Crippen LogP contribution in [0, 0.1) is 5.82 Å². The first-order valence-corrected chi connectivity index (χ1v) is 10.5. The topological polar surface area (TPSA) is 71.9 Å². The van der Waals surface area contributed by atoms with Crippen molar-refractivity contribution in [1.82, 2.24) is 4.98 Å². The lowest BCUT2D eigenvalue weighted by Crippen LogP contribution is -2.25. The molecule has 0 N–H and O–H groups in total. The van der Waals surface area contributed by atoms with Gasteiger partial charge in [-0.2, -0.15) is 10.1 Å². The quantitative estimate of drug-likeness (QED) is 0.228. The SMILES string of the molecule is COc1ccc2nc(N(/N=C/c3ccc(F)cc3)C(=O)c3ccc(C(C)=O)cc3)sc2c1. The minimum atomic E-state index is -0.413. The summed E-state index contributed by atoms with van der Waals surface area (Å²) in [7, 11) is 1.58. The van der Waals surface area contributed by atoms with Crippen LogP contribution >= 0.6 is 11.3 Å². The number of amides is 1. The van der Waals surface area contributed by atoms with Gasteiger partial charge in [0.15, 0.2) is 5.78 Å². The molecule has 0 saturated heterocycles. The molecular weight excluding hydrogens is 429 g/mol. The summed E-state index contributed by atoms with van der Waals surface area (Å²) in [6.07, 6.45) is 1.47. The van der Waals surface area contributed by atoms with E-state index >= 15 is 0 Å². The zero-order valence-electron chi connectivity index (χ0n) is 17.3. The summed E-state index contributed by atoms with van der Waals surface area (Å²) in [4.78, 5) is 29.4. The van der Waals surface area contributed by atoms with Crippen LogP contribution in [0.25, 0.3) is 10.2 Å².